The van der Waals surface area contributed by atoms with Gasteiger partial charge in [0.25, 0.3) is 0 Å². The number of hydrogen-bond donors (Lipinski definition) is 0. The topological polar surface area (TPSA) is 56.1 Å². The first-order valence-electron chi connectivity index (χ1n) is 4.94. The van der Waals surface area contributed by atoms with E-state index in [1.807, 2.05) is 6.92 Å². The van der Waals surface area contributed by atoms with Gasteiger partial charge in [-0.2, -0.15) is 5.26 Å². The van der Waals surface area contributed by atoms with E-state index in [0.717, 1.165) is 36.3 Å². The molecular weight excluding hydrogens is 210 g/mol. The molecule has 0 aromatic carbocycles. The van der Waals surface area contributed by atoms with Crippen molar-refractivity contribution in [2.75, 3.05) is 37.6 Å². The normalized spacial score (nSPS) is 17.7. The molecule has 0 bridgehead atoms. The number of piperazine rings is 1. The molecule has 1 aromatic heterocycles. The zero-order chi connectivity index (χ0) is 10.7. The van der Waals surface area contributed by atoms with Crippen LogP contribution in [-0.2, 0) is 0 Å². The molecule has 0 aliphatic carbocycles. The van der Waals surface area contributed by atoms with E-state index in [1.165, 1.54) is 0 Å². The average molecular weight is 223 g/mol. The van der Waals surface area contributed by atoms with Crippen molar-refractivity contribution in [1.82, 2.24) is 15.1 Å². The predicted molar refractivity (Wildman–Crippen MR) is 58.9 cm³/mol. The third kappa shape index (κ3) is 2.43. The third-order valence-corrected chi connectivity index (χ3v) is 3.35. The molecule has 0 N–H and O–H groups in total. The van der Waals surface area contributed by atoms with Crippen LogP contribution in [-0.4, -0.2) is 47.8 Å². The molecule has 0 radical (unpaired) electrons. The van der Waals surface area contributed by atoms with Crippen LogP contribution >= 0.6 is 11.3 Å². The van der Waals surface area contributed by atoms with E-state index in [4.69, 9.17) is 5.26 Å². The standard InChI is InChI=1S/C9H13N5S/c1-8-11-12-9(15-8)14-6-4-13(3-2-10)5-7-14/h3-7H2,1H3. The first-order chi connectivity index (χ1) is 7.29. The van der Waals surface area contributed by atoms with Crippen LogP contribution in [0, 0.1) is 18.3 Å². The molecule has 6 heteroatoms. The fourth-order valence-corrected chi connectivity index (χ4v) is 2.35. The average Bonchev–Trinajstić information content (AvgIpc) is 2.67. The highest BCUT2D eigenvalue weighted by molar-refractivity contribution is 7.15. The largest absolute Gasteiger partial charge is 0.344 e. The summed E-state index contributed by atoms with van der Waals surface area (Å²) in [7, 11) is 0. The van der Waals surface area contributed by atoms with Crippen LogP contribution in [0.15, 0.2) is 0 Å². The lowest BCUT2D eigenvalue weighted by Gasteiger charge is -2.32. The lowest BCUT2D eigenvalue weighted by atomic mass is 10.3. The van der Waals surface area contributed by atoms with Crippen molar-refractivity contribution in [3.05, 3.63) is 5.01 Å². The van der Waals surface area contributed by atoms with Gasteiger partial charge < -0.3 is 4.90 Å². The summed E-state index contributed by atoms with van der Waals surface area (Å²) in [5.41, 5.74) is 0. The Kier molecular flexibility index (Phi) is 3.14. The minimum atomic E-state index is 0.531. The highest BCUT2D eigenvalue weighted by Gasteiger charge is 2.18. The van der Waals surface area contributed by atoms with Crippen molar-refractivity contribution in [3.8, 4) is 6.07 Å². The Morgan fingerprint density at radius 1 is 1.33 bits per heavy atom. The summed E-state index contributed by atoms with van der Waals surface area (Å²) < 4.78 is 0. The van der Waals surface area contributed by atoms with Crippen LogP contribution in [0.4, 0.5) is 5.13 Å². The summed E-state index contributed by atoms with van der Waals surface area (Å²) in [5.74, 6) is 0. The second kappa shape index (κ2) is 4.55. The van der Waals surface area contributed by atoms with Gasteiger partial charge in [-0.05, 0) is 6.92 Å². The van der Waals surface area contributed by atoms with Crippen LogP contribution in [0.1, 0.15) is 5.01 Å². The Morgan fingerprint density at radius 3 is 2.60 bits per heavy atom. The molecule has 2 heterocycles. The van der Waals surface area contributed by atoms with Gasteiger partial charge in [-0.25, -0.2) is 0 Å². The smallest absolute Gasteiger partial charge is 0.208 e. The van der Waals surface area contributed by atoms with Gasteiger partial charge in [0.2, 0.25) is 5.13 Å². The molecule has 80 valence electrons. The van der Waals surface area contributed by atoms with Crippen LogP contribution in [0.3, 0.4) is 0 Å². The summed E-state index contributed by atoms with van der Waals surface area (Å²) >= 11 is 1.63. The van der Waals surface area contributed by atoms with Gasteiger partial charge >= 0.3 is 0 Å². The van der Waals surface area contributed by atoms with E-state index >= 15 is 0 Å². The molecule has 15 heavy (non-hydrogen) atoms. The number of anilines is 1. The van der Waals surface area contributed by atoms with Crippen LogP contribution in [0.2, 0.25) is 0 Å². The van der Waals surface area contributed by atoms with Crippen LogP contribution in [0.25, 0.3) is 0 Å². The SMILES string of the molecule is Cc1nnc(N2CCN(CC#N)CC2)s1. The highest BCUT2D eigenvalue weighted by atomic mass is 32.1. The van der Waals surface area contributed by atoms with Crippen LogP contribution in [0.5, 0.6) is 0 Å². The van der Waals surface area contributed by atoms with Crippen molar-refractivity contribution in [2.45, 2.75) is 6.92 Å². The predicted octanol–water partition coefficient (Wildman–Crippen LogP) is 0.492. The lowest BCUT2D eigenvalue weighted by molar-refractivity contribution is 0.287. The molecule has 1 aliphatic rings. The molecule has 0 unspecified atom stereocenters. The maximum Gasteiger partial charge on any atom is 0.208 e. The minimum Gasteiger partial charge on any atom is -0.344 e. The minimum absolute atomic E-state index is 0.531. The first-order valence-corrected chi connectivity index (χ1v) is 5.75. The zero-order valence-electron chi connectivity index (χ0n) is 8.68. The molecular formula is C9H13N5S. The molecule has 1 aliphatic heterocycles. The highest BCUT2D eigenvalue weighted by Crippen LogP contribution is 2.20. The Morgan fingerprint density at radius 2 is 2.07 bits per heavy atom. The van der Waals surface area contributed by atoms with Crippen molar-refractivity contribution < 1.29 is 0 Å². The van der Waals surface area contributed by atoms with Gasteiger partial charge in [-0.1, -0.05) is 11.3 Å². The Hall–Kier alpha value is -1.19. The molecule has 2 rings (SSSR count). The van der Waals surface area contributed by atoms with E-state index in [9.17, 15) is 0 Å². The van der Waals surface area contributed by atoms with Crippen molar-refractivity contribution in [2.24, 2.45) is 0 Å². The number of aromatic nitrogens is 2. The van der Waals surface area contributed by atoms with Crippen molar-refractivity contribution in [1.29, 1.82) is 5.26 Å². The van der Waals surface area contributed by atoms with Gasteiger partial charge in [0.15, 0.2) is 0 Å². The molecule has 0 saturated carbocycles. The molecule has 1 aromatic rings. The summed E-state index contributed by atoms with van der Waals surface area (Å²) in [6.45, 7) is 6.25. The quantitative estimate of drug-likeness (QED) is 0.683. The summed E-state index contributed by atoms with van der Waals surface area (Å²) in [4.78, 5) is 4.39. The molecule has 1 saturated heterocycles. The van der Waals surface area contributed by atoms with E-state index in [0.29, 0.717) is 6.54 Å². The summed E-state index contributed by atoms with van der Waals surface area (Å²) in [5, 5.41) is 18.7. The zero-order valence-corrected chi connectivity index (χ0v) is 9.50. The second-order valence-electron chi connectivity index (χ2n) is 3.52. The van der Waals surface area contributed by atoms with Crippen molar-refractivity contribution >= 4 is 16.5 Å². The first kappa shape index (κ1) is 10.3. The maximum atomic E-state index is 8.58. The molecule has 0 amide bonds. The lowest BCUT2D eigenvalue weighted by Crippen LogP contribution is -2.46. The number of nitriles is 1. The van der Waals surface area contributed by atoms with Gasteiger partial charge in [0.05, 0.1) is 12.6 Å². The third-order valence-electron chi connectivity index (χ3n) is 2.45. The summed E-state index contributed by atoms with van der Waals surface area (Å²) in [6, 6.07) is 2.18. The van der Waals surface area contributed by atoms with E-state index in [1.54, 1.807) is 11.3 Å². The van der Waals surface area contributed by atoms with E-state index < -0.39 is 0 Å². The number of nitrogens with zero attached hydrogens (tertiary/aromatic N) is 5. The molecule has 0 spiro atoms. The fourth-order valence-electron chi connectivity index (χ4n) is 1.61. The molecule has 1 fully saturated rings. The fraction of sp³-hybridized carbons (Fsp3) is 0.667. The van der Waals surface area contributed by atoms with Gasteiger partial charge in [-0.15, -0.1) is 10.2 Å². The maximum absolute atomic E-state index is 8.58. The van der Waals surface area contributed by atoms with E-state index in [2.05, 4.69) is 26.1 Å². The Bertz CT molecular complexity index is 361. The Labute approximate surface area is 92.9 Å². The summed E-state index contributed by atoms with van der Waals surface area (Å²) in [6.07, 6.45) is 0. The number of hydrogen-bond acceptors (Lipinski definition) is 6. The van der Waals surface area contributed by atoms with Crippen LogP contribution < -0.4 is 4.90 Å². The monoisotopic (exact) mass is 223 g/mol. The Balaban J connectivity index is 1.91. The number of aryl methyl sites for hydroxylation is 1. The molecule has 0 atom stereocenters. The van der Waals surface area contributed by atoms with Crippen molar-refractivity contribution in [3.63, 3.8) is 0 Å². The number of rotatable bonds is 2. The molecule has 5 nitrogen and oxygen atoms in total. The van der Waals surface area contributed by atoms with Gasteiger partial charge in [0, 0.05) is 26.2 Å². The second-order valence-corrected chi connectivity index (χ2v) is 4.69. The van der Waals surface area contributed by atoms with Gasteiger partial charge in [-0.3, -0.25) is 4.90 Å². The van der Waals surface area contributed by atoms with Gasteiger partial charge in [0.1, 0.15) is 5.01 Å². The van der Waals surface area contributed by atoms with E-state index in [-0.39, 0.29) is 0 Å².